The molecule has 0 nitrogen and oxygen atoms in total. The molecule has 8 rings (SSSR count). The first-order chi connectivity index (χ1) is 33.1. The zero-order chi connectivity index (χ0) is 51.3. The number of halogens is 20. The molecule has 0 aromatic heterocycles. The third-order valence-corrected chi connectivity index (χ3v) is 28.6. The van der Waals surface area contributed by atoms with Crippen LogP contribution in [0.25, 0.3) is 0 Å². The van der Waals surface area contributed by atoms with Crippen molar-refractivity contribution in [2.75, 3.05) is 0 Å². The van der Waals surface area contributed by atoms with Crippen molar-refractivity contribution < 1.29 is 87.8 Å². The van der Waals surface area contributed by atoms with Crippen molar-refractivity contribution in [3.05, 3.63) is 238 Å². The van der Waals surface area contributed by atoms with Gasteiger partial charge in [0.15, 0.2) is 0 Å². The first kappa shape index (κ1) is 51.3. The van der Waals surface area contributed by atoms with Crippen molar-refractivity contribution in [3.63, 3.8) is 0 Å². The third-order valence-electron chi connectivity index (χ3n) is 10.7. The molecule has 0 saturated heterocycles. The number of benzene rings is 8. The summed E-state index contributed by atoms with van der Waals surface area (Å²) in [5, 5.41) is 0. The summed E-state index contributed by atoms with van der Waals surface area (Å²) in [7, 11) is 0. The standard InChI is InChI=1S/C24AsF20.C24H20As/c26-5-1(6(27)14(35)21(42)13(5)34)25(2-7(28)15(36)22(43)16(37)8(2)29,3-9(30)17(38)23(44)18(39)10(3)31)4-11(32)19(40)24(45)20(41)12(4)33;1-5-13-21(14-6-1)25(22-15-7-2-8-16-22,23-17-9-3-10-18-23)24-19-11-4-12-20-24/h;1-20H. The van der Waals surface area contributed by atoms with Gasteiger partial charge in [-0.1, -0.05) is 0 Å². The normalized spacial score (nSPS) is 11.7. The summed E-state index contributed by atoms with van der Waals surface area (Å²) in [5.41, 5.74) is 0. The van der Waals surface area contributed by atoms with Crippen LogP contribution in [0.5, 0.6) is 0 Å². The van der Waals surface area contributed by atoms with Crippen LogP contribution in [-0.2, 0) is 0 Å². The Morgan fingerprint density at radius 2 is 0.286 bits per heavy atom. The second-order valence-electron chi connectivity index (χ2n) is 14.4. The summed E-state index contributed by atoms with van der Waals surface area (Å²) in [6, 6.07) is 44.2. The van der Waals surface area contributed by atoms with E-state index in [1.807, 2.05) is 0 Å². The van der Waals surface area contributed by atoms with Crippen LogP contribution >= 0.6 is 0 Å². The summed E-state index contributed by atoms with van der Waals surface area (Å²) in [5.74, 6) is -70.7. The predicted molar refractivity (Wildman–Crippen MR) is 219 cm³/mol. The predicted octanol–water partition coefficient (Wildman–Crippen LogP) is 8.91. The zero-order valence-corrected chi connectivity index (χ0v) is 37.8. The van der Waals surface area contributed by atoms with Gasteiger partial charge in [0.2, 0.25) is 0 Å². The van der Waals surface area contributed by atoms with Gasteiger partial charge >= 0.3 is 387 Å². The van der Waals surface area contributed by atoms with Gasteiger partial charge in [0.1, 0.15) is 0 Å². The molecule has 0 aliphatic heterocycles. The molecule has 0 aliphatic carbocycles. The summed E-state index contributed by atoms with van der Waals surface area (Å²) in [6.45, 7) is 0. The van der Waals surface area contributed by atoms with Gasteiger partial charge in [0, 0.05) is 0 Å². The van der Waals surface area contributed by atoms with Crippen LogP contribution in [-0.4, -0.2) is 27.1 Å². The van der Waals surface area contributed by atoms with E-state index in [0.717, 1.165) is 0 Å². The molecular formula is C48H20As2F20. The van der Waals surface area contributed by atoms with Crippen LogP contribution in [0.4, 0.5) is 87.8 Å². The molecule has 0 aliphatic rings. The van der Waals surface area contributed by atoms with E-state index in [9.17, 15) is 52.7 Å². The molecule has 0 atom stereocenters. The number of rotatable bonds is 8. The Hall–Kier alpha value is -6.52. The molecule has 0 amide bonds. The van der Waals surface area contributed by atoms with Gasteiger partial charge in [-0.2, -0.15) is 0 Å². The number of hydrogen-bond donors (Lipinski definition) is 0. The molecule has 362 valence electrons. The average Bonchev–Trinajstić information content (AvgIpc) is 3.38. The van der Waals surface area contributed by atoms with Crippen LogP contribution in [0.3, 0.4) is 0 Å². The van der Waals surface area contributed by atoms with Crippen LogP contribution in [0.1, 0.15) is 0 Å². The Morgan fingerprint density at radius 3 is 0.429 bits per heavy atom. The van der Waals surface area contributed by atoms with Gasteiger partial charge < -0.3 is 0 Å². The molecule has 22 heteroatoms. The summed E-state index contributed by atoms with van der Waals surface area (Å²) in [4.78, 5) is 0. The Bertz CT molecular complexity index is 2760. The molecule has 0 spiro atoms. The Balaban J connectivity index is 0.000000242. The van der Waals surface area contributed by atoms with Gasteiger partial charge in [-0.05, 0) is 0 Å². The van der Waals surface area contributed by atoms with Gasteiger partial charge in [-0.25, -0.2) is 0 Å². The molecular weight excluding hydrogens is 1110 g/mol. The maximum absolute atomic E-state index is 15.4. The zero-order valence-electron chi connectivity index (χ0n) is 34.0. The van der Waals surface area contributed by atoms with Crippen molar-refractivity contribution in [1.82, 2.24) is 0 Å². The first-order valence-electron chi connectivity index (χ1n) is 19.2. The fraction of sp³-hybridized carbons (Fsp3) is 0. The van der Waals surface area contributed by atoms with E-state index >= 15 is 35.1 Å². The minimum absolute atomic E-state index is 1.45. The molecule has 0 heterocycles. The van der Waals surface area contributed by atoms with E-state index < -0.39 is 161 Å². The molecule has 2 radical (unpaired) electrons. The van der Waals surface area contributed by atoms with Crippen molar-refractivity contribution in [2.45, 2.75) is 0 Å². The van der Waals surface area contributed by atoms with Crippen LogP contribution in [0.2, 0.25) is 0 Å². The Kier molecular flexibility index (Phi) is 14.4. The fourth-order valence-corrected chi connectivity index (χ4v) is 26.1. The monoisotopic (exact) mass is 1130 g/mol. The van der Waals surface area contributed by atoms with E-state index in [2.05, 4.69) is 121 Å². The van der Waals surface area contributed by atoms with Gasteiger partial charge in [0.05, 0.1) is 0 Å². The molecule has 70 heavy (non-hydrogen) atoms. The third kappa shape index (κ3) is 7.83. The first-order valence-corrected chi connectivity index (χ1v) is 26.7. The fourth-order valence-electron chi connectivity index (χ4n) is 7.72. The van der Waals surface area contributed by atoms with Crippen LogP contribution in [0.15, 0.2) is 121 Å². The molecule has 0 N–H and O–H groups in total. The SMILES string of the molecule is Fc1c(F)c(F)c([As](c2c(F)c(F)c(F)c(F)c2F)(c2c(F)c(F)c(F)c(F)c2F)c2c(F)c(F)c(F)c(F)c2F)c(F)c1F.c1ccc([As](c2ccccc2)(c2ccccc2)c2ccccc2)cc1. The molecule has 0 bridgehead atoms. The van der Waals surface area contributed by atoms with Gasteiger partial charge in [-0.3, -0.25) is 0 Å². The van der Waals surface area contributed by atoms with E-state index in [1.165, 1.54) is 17.4 Å². The van der Waals surface area contributed by atoms with Crippen LogP contribution < -0.4 is 34.8 Å². The summed E-state index contributed by atoms with van der Waals surface area (Å²) < 4.78 is 286. The molecule has 0 saturated carbocycles. The van der Waals surface area contributed by atoms with Crippen molar-refractivity contribution >= 4 is 61.9 Å². The quantitative estimate of drug-likeness (QED) is 0.0618. The molecule has 8 aromatic carbocycles. The second-order valence-corrected chi connectivity index (χ2v) is 28.1. The Labute approximate surface area is 386 Å². The Morgan fingerprint density at radius 1 is 0.157 bits per heavy atom. The molecule has 8 aromatic rings. The summed E-state index contributed by atoms with van der Waals surface area (Å²) in [6.07, 6.45) is 0. The van der Waals surface area contributed by atoms with Crippen molar-refractivity contribution in [2.24, 2.45) is 0 Å². The summed E-state index contributed by atoms with van der Waals surface area (Å²) >= 11 is -11.9. The van der Waals surface area contributed by atoms with Gasteiger partial charge in [-0.15, -0.1) is 0 Å². The second kappa shape index (κ2) is 19.7. The molecule has 0 fully saturated rings. The van der Waals surface area contributed by atoms with Crippen molar-refractivity contribution in [1.29, 1.82) is 0 Å². The number of hydrogen-bond acceptors (Lipinski definition) is 0. The topological polar surface area (TPSA) is 0 Å². The molecule has 0 unspecified atom stereocenters. The van der Waals surface area contributed by atoms with Crippen LogP contribution in [0, 0.1) is 116 Å². The van der Waals surface area contributed by atoms with E-state index in [-0.39, 0.29) is 0 Å². The minimum atomic E-state index is -9.18. The van der Waals surface area contributed by atoms with Gasteiger partial charge in [0.25, 0.3) is 0 Å². The van der Waals surface area contributed by atoms with E-state index in [1.54, 1.807) is 0 Å². The maximum atomic E-state index is 15.4. The van der Waals surface area contributed by atoms with E-state index in [0.29, 0.717) is 0 Å². The van der Waals surface area contributed by atoms with E-state index in [4.69, 9.17) is 0 Å². The van der Waals surface area contributed by atoms with Crippen molar-refractivity contribution in [3.8, 4) is 0 Å². The average molecular weight is 1130 g/mol.